The molecule has 1 unspecified atom stereocenters. The standard InChI is InChI=1S/C10H21/c1-5-7-8-9-10(3,4)6-2/h3,5-9H2,1-2,4H3. The van der Waals surface area contributed by atoms with Crippen molar-refractivity contribution in [3.05, 3.63) is 6.92 Å². The molecule has 0 bridgehead atoms. The molecule has 0 rings (SSSR count). The number of rotatable bonds is 5. The molecule has 0 nitrogen and oxygen atoms in total. The highest BCUT2D eigenvalue weighted by molar-refractivity contribution is 4.74. The summed E-state index contributed by atoms with van der Waals surface area (Å²) in [5, 5.41) is 0. The molecule has 0 aliphatic carbocycles. The first-order valence-corrected chi connectivity index (χ1v) is 4.47. The highest BCUT2D eigenvalue weighted by atomic mass is 14.2. The fourth-order valence-electron chi connectivity index (χ4n) is 0.979. The summed E-state index contributed by atoms with van der Waals surface area (Å²) in [6.07, 6.45) is 6.53. The minimum atomic E-state index is 0.342. The van der Waals surface area contributed by atoms with Crippen molar-refractivity contribution >= 4 is 0 Å². The Morgan fingerprint density at radius 2 is 1.80 bits per heavy atom. The van der Waals surface area contributed by atoms with Gasteiger partial charge in [-0.1, -0.05) is 46.5 Å². The second-order valence-electron chi connectivity index (χ2n) is 3.62. The van der Waals surface area contributed by atoms with E-state index < -0.39 is 0 Å². The van der Waals surface area contributed by atoms with Crippen LogP contribution in [0.2, 0.25) is 0 Å². The Bertz CT molecular complexity index is 72.1. The topological polar surface area (TPSA) is 0 Å². The third kappa shape index (κ3) is 4.84. The van der Waals surface area contributed by atoms with Gasteiger partial charge in [-0.05, 0) is 18.8 Å². The molecule has 0 aliphatic heterocycles. The summed E-state index contributed by atoms with van der Waals surface area (Å²) in [6.45, 7) is 10.9. The van der Waals surface area contributed by atoms with Crippen LogP contribution in [0.4, 0.5) is 0 Å². The molecule has 1 radical (unpaired) electrons. The van der Waals surface area contributed by atoms with E-state index in [9.17, 15) is 0 Å². The zero-order valence-corrected chi connectivity index (χ0v) is 7.74. The van der Waals surface area contributed by atoms with Crippen LogP contribution in [0.15, 0.2) is 0 Å². The van der Waals surface area contributed by atoms with Crippen molar-refractivity contribution in [3.8, 4) is 0 Å². The SMILES string of the molecule is [CH2]C(C)(CC)CCCCC. The van der Waals surface area contributed by atoms with E-state index in [1.165, 1.54) is 32.1 Å². The lowest BCUT2D eigenvalue weighted by Crippen LogP contribution is -2.09. The van der Waals surface area contributed by atoms with Crippen LogP contribution in [0.25, 0.3) is 0 Å². The van der Waals surface area contributed by atoms with Crippen LogP contribution in [-0.2, 0) is 0 Å². The molecule has 1 atom stereocenters. The Kier molecular flexibility index (Phi) is 4.76. The van der Waals surface area contributed by atoms with Crippen molar-refractivity contribution in [3.63, 3.8) is 0 Å². The van der Waals surface area contributed by atoms with Gasteiger partial charge in [-0.2, -0.15) is 0 Å². The molecular weight excluding hydrogens is 120 g/mol. The summed E-state index contributed by atoms with van der Waals surface area (Å²) >= 11 is 0. The molecule has 0 amide bonds. The minimum Gasteiger partial charge on any atom is -0.0654 e. The Morgan fingerprint density at radius 3 is 2.20 bits per heavy atom. The molecule has 0 heterocycles. The summed E-state index contributed by atoms with van der Waals surface area (Å²) < 4.78 is 0. The van der Waals surface area contributed by atoms with E-state index in [1.54, 1.807) is 0 Å². The highest BCUT2D eigenvalue weighted by Crippen LogP contribution is 2.26. The molecule has 0 aliphatic rings. The van der Waals surface area contributed by atoms with E-state index in [0.29, 0.717) is 5.41 Å². The summed E-state index contributed by atoms with van der Waals surface area (Å²) in [4.78, 5) is 0. The largest absolute Gasteiger partial charge is 0.0654 e. The van der Waals surface area contributed by atoms with Crippen molar-refractivity contribution in [1.82, 2.24) is 0 Å². The average Bonchev–Trinajstić information content (AvgIpc) is 1.89. The Balaban J connectivity index is 3.28. The zero-order valence-electron chi connectivity index (χ0n) is 7.74. The van der Waals surface area contributed by atoms with E-state index in [2.05, 4.69) is 27.7 Å². The van der Waals surface area contributed by atoms with Crippen molar-refractivity contribution in [2.45, 2.75) is 52.9 Å². The van der Waals surface area contributed by atoms with Gasteiger partial charge < -0.3 is 0 Å². The first kappa shape index (κ1) is 10.0. The lowest BCUT2D eigenvalue weighted by molar-refractivity contribution is 0.355. The fourth-order valence-corrected chi connectivity index (χ4v) is 0.979. The van der Waals surface area contributed by atoms with Crippen LogP contribution < -0.4 is 0 Å². The molecule has 0 N–H and O–H groups in total. The van der Waals surface area contributed by atoms with Crippen LogP contribution in [0.5, 0.6) is 0 Å². The van der Waals surface area contributed by atoms with E-state index in [1.807, 2.05) is 0 Å². The predicted octanol–water partition coefficient (Wildman–Crippen LogP) is 3.82. The van der Waals surface area contributed by atoms with Gasteiger partial charge in [-0.15, -0.1) is 0 Å². The predicted molar refractivity (Wildman–Crippen MR) is 47.9 cm³/mol. The number of hydrogen-bond acceptors (Lipinski definition) is 0. The van der Waals surface area contributed by atoms with E-state index >= 15 is 0 Å². The summed E-state index contributed by atoms with van der Waals surface area (Å²) in [5.74, 6) is 0. The zero-order chi connectivity index (χ0) is 8.04. The average molecular weight is 141 g/mol. The van der Waals surface area contributed by atoms with Crippen molar-refractivity contribution in [2.75, 3.05) is 0 Å². The van der Waals surface area contributed by atoms with E-state index in [-0.39, 0.29) is 0 Å². The molecule has 0 aromatic heterocycles. The van der Waals surface area contributed by atoms with Crippen molar-refractivity contribution < 1.29 is 0 Å². The first-order valence-electron chi connectivity index (χ1n) is 4.47. The van der Waals surface area contributed by atoms with Crippen LogP contribution >= 0.6 is 0 Å². The maximum Gasteiger partial charge on any atom is -0.0328 e. The minimum absolute atomic E-state index is 0.342. The van der Waals surface area contributed by atoms with Gasteiger partial charge in [0, 0.05) is 0 Å². The summed E-state index contributed by atoms with van der Waals surface area (Å²) in [7, 11) is 0. The molecule has 0 spiro atoms. The molecule has 10 heavy (non-hydrogen) atoms. The van der Waals surface area contributed by atoms with Crippen molar-refractivity contribution in [1.29, 1.82) is 0 Å². The first-order chi connectivity index (χ1) is 4.62. The molecular formula is C10H21. The summed E-state index contributed by atoms with van der Waals surface area (Å²) in [6, 6.07) is 0. The number of unbranched alkanes of at least 4 members (excludes halogenated alkanes) is 2. The third-order valence-corrected chi connectivity index (χ3v) is 2.24. The van der Waals surface area contributed by atoms with Gasteiger partial charge in [-0.3, -0.25) is 0 Å². The molecule has 0 saturated carbocycles. The quantitative estimate of drug-likeness (QED) is 0.511. The maximum absolute atomic E-state index is 4.16. The maximum atomic E-state index is 4.16. The third-order valence-electron chi connectivity index (χ3n) is 2.24. The Morgan fingerprint density at radius 1 is 1.20 bits per heavy atom. The fraction of sp³-hybridized carbons (Fsp3) is 0.900. The van der Waals surface area contributed by atoms with Gasteiger partial charge in [0.25, 0.3) is 0 Å². The second kappa shape index (κ2) is 4.76. The Hall–Kier alpha value is 0. The molecule has 61 valence electrons. The van der Waals surface area contributed by atoms with Crippen LogP contribution in [-0.4, -0.2) is 0 Å². The van der Waals surface area contributed by atoms with Gasteiger partial charge >= 0.3 is 0 Å². The molecule has 0 aromatic rings. The van der Waals surface area contributed by atoms with Crippen molar-refractivity contribution in [2.24, 2.45) is 5.41 Å². The lowest BCUT2D eigenvalue weighted by atomic mass is 9.84. The van der Waals surface area contributed by atoms with Gasteiger partial charge in [0.1, 0.15) is 0 Å². The smallest absolute Gasteiger partial charge is 0.0328 e. The van der Waals surface area contributed by atoms with Crippen LogP contribution in [0.3, 0.4) is 0 Å². The Labute approximate surface area is 66.0 Å². The molecule has 0 heteroatoms. The molecule has 0 saturated heterocycles. The van der Waals surface area contributed by atoms with Gasteiger partial charge in [0.05, 0.1) is 0 Å². The van der Waals surface area contributed by atoms with Gasteiger partial charge in [0.15, 0.2) is 0 Å². The lowest BCUT2D eigenvalue weighted by Gasteiger charge is -2.21. The molecule has 0 aromatic carbocycles. The van der Waals surface area contributed by atoms with Crippen LogP contribution in [0.1, 0.15) is 52.9 Å². The highest BCUT2D eigenvalue weighted by Gasteiger charge is 2.13. The van der Waals surface area contributed by atoms with Gasteiger partial charge in [0.2, 0.25) is 0 Å². The van der Waals surface area contributed by atoms with Gasteiger partial charge in [-0.25, -0.2) is 0 Å². The normalized spacial score (nSPS) is 12.0. The second-order valence-corrected chi connectivity index (χ2v) is 3.62. The molecule has 0 fully saturated rings. The monoisotopic (exact) mass is 141 g/mol. The van der Waals surface area contributed by atoms with E-state index in [0.717, 1.165) is 0 Å². The number of hydrogen-bond donors (Lipinski definition) is 0. The summed E-state index contributed by atoms with van der Waals surface area (Å²) in [5.41, 5.74) is 0.342. The van der Waals surface area contributed by atoms with E-state index in [4.69, 9.17) is 0 Å². The van der Waals surface area contributed by atoms with Crippen LogP contribution in [0, 0.1) is 12.3 Å².